The van der Waals surface area contributed by atoms with Gasteiger partial charge in [0.05, 0.1) is 19.4 Å². The van der Waals surface area contributed by atoms with Crippen LogP contribution in [0.15, 0.2) is 34.9 Å². The molecule has 1 unspecified atom stereocenters. The van der Waals surface area contributed by atoms with Crippen LogP contribution in [0, 0.1) is 0 Å². The third-order valence-corrected chi connectivity index (χ3v) is 3.31. The molecule has 0 spiro atoms. The van der Waals surface area contributed by atoms with Crippen molar-refractivity contribution in [2.24, 2.45) is 5.73 Å². The summed E-state index contributed by atoms with van der Waals surface area (Å²) in [5.41, 5.74) is 8.09. The molecule has 4 heteroatoms. The fourth-order valence-corrected chi connectivity index (χ4v) is 2.26. The van der Waals surface area contributed by atoms with Crippen LogP contribution in [0.2, 0.25) is 5.02 Å². The number of benzene rings is 1. The van der Waals surface area contributed by atoms with Gasteiger partial charge in [0.25, 0.3) is 0 Å². The topological polar surface area (TPSA) is 48.4 Å². The quantitative estimate of drug-likeness (QED) is 0.920. The predicted octanol–water partition coefficient (Wildman–Crippen LogP) is 3.55. The van der Waals surface area contributed by atoms with Crippen molar-refractivity contribution in [1.82, 2.24) is 0 Å². The van der Waals surface area contributed by atoms with Gasteiger partial charge in [-0.2, -0.15) is 0 Å². The van der Waals surface area contributed by atoms with Crippen molar-refractivity contribution in [1.29, 1.82) is 0 Å². The van der Waals surface area contributed by atoms with E-state index in [0.717, 1.165) is 29.1 Å². The zero-order valence-corrected chi connectivity index (χ0v) is 11.2. The number of furan rings is 1. The van der Waals surface area contributed by atoms with E-state index in [0.29, 0.717) is 5.02 Å². The summed E-state index contributed by atoms with van der Waals surface area (Å²) in [5, 5.41) is 0.602. The summed E-state index contributed by atoms with van der Waals surface area (Å²) in [6, 6.07) is 7.12. The highest BCUT2D eigenvalue weighted by atomic mass is 35.5. The SMILES string of the molecule is CCc1occc1C(N)c1ccc(OC)cc1Cl. The van der Waals surface area contributed by atoms with Gasteiger partial charge in [0.1, 0.15) is 11.5 Å². The van der Waals surface area contributed by atoms with Crippen LogP contribution in [0.4, 0.5) is 0 Å². The highest BCUT2D eigenvalue weighted by molar-refractivity contribution is 6.31. The van der Waals surface area contributed by atoms with E-state index in [1.807, 2.05) is 25.1 Å². The normalized spacial score (nSPS) is 12.4. The van der Waals surface area contributed by atoms with Gasteiger partial charge in [0.15, 0.2) is 0 Å². The van der Waals surface area contributed by atoms with Gasteiger partial charge in [-0.1, -0.05) is 24.6 Å². The average Bonchev–Trinajstić information content (AvgIpc) is 2.86. The van der Waals surface area contributed by atoms with Crippen LogP contribution in [-0.4, -0.2) is 7.11 Å². The largest absolute Gasteiger partial charge is 0.497 e. The van der Waals surface area contributed by atoms with Gasteiger partial charge in [-0.05, 0) is 23.8 Å². The van der Waals surface area contributed by atoms with Crippen molar-refractivity contribution in [2.45, 2.75) is 19.4 Å². The van der Waals surface area contributed by atoms with Crippen molar-refractivity contribution in [2.75, 3.05) is 7.11 Å². The Morgan fingerprint density at radius 1 is 1.33 bits per heavy atom. The minimum absolute atomic E-state index is 0.280. The van der Waals surface area contributed by atoms with Crippen molar-refractivity contribution in [3.63, 3.8) is 0 Å². The maximum Gasteiger partial charge on any atom is 0.120 e. The Kier molecular flexibility index (Phi) is 3.94. The first-order chi connectivity index (χ1) is 8.67. The maximum absolute atomic E-state index is 6.24. The smallest absolute Gasteiger partial charge is 0.120 e. The minimum Gasteiger partial charge on any atom is -0.497 e. The second-order valence-electron chi connectivity index (χ2n) is 4.02. The second-order valence-corrected chi connectivity index (χ2v) is 4.42. The predicted molar refractivity (Wildman–Crippen MR) is 72.1 cm³/mol. The van der Waals surface area contributed by atoms with Gasteiger partial charge in [0.2, 0.25) is 0 Å². The van der Waals surface area contributed by atoms with Gasteiger partial charge < -0.3 is 14.9 Å². The molecule has 0 aliphatic carbocycles. The van der Waals surface area contributed by atoms with E-state index in [1.165, 1.54) is 0 Å². The summed E-state index contributed by atoms with van der Waals surface area (Å²) in [4.78, 5) is 0. The number of hydrogen-bond donors (Lipinski definition) is 1. The van der Waals surface area contributed by atoms with Crippen LogP contribution in [0.1, 0.15) is 29.9 Å². The molecule has 3 nitrogen and oxygen atoms in total. The molecule has 1 aromatic carbocycles. The number of rotatable bonds is 4. The molecule has 0 aliphatic heterocycles. The zero-order valence-electron chi connectivity index (χ0n) is 10.4. The number of aryl methyl sites for hydroxylation is 1. The van der Waals surface area contributed by atoms with Crippen molar-refractivity contribution < 1.29 is 9.15 Å². The average molecular weight is 266 g/mol. The summed E-state index contributed by atoms with van der Waals surface area (Å²) in [7, 11) is 1.61. The van der Waals surface area contributed by atoms with E-state index in [9.17, 15) is 0 Å². The fourth-order valence-electron chi connectivity index (χ4n) is 1.97. The summed E-state index contributed by atoms with van der Waals surface area (Å²) >= 11 is 6.22. The van der Waals surface area contributed by atoms with Crippen LogP contribution in [-0.2, 0) is 6.42 Å². The maximum atomic E-state index is 6.24. The summed E-state index contributed by atoms with van der Waals surface area (Å²) in [6.07, 6.45) is 2.47. The van der Waals surface area contributed by atoms with Crippen LogP contribution < -0.4 is 10.5 Å². The Labute approximate surface area is 111 Å². The molecule has 0 aliphatic rings. The van der Waals surface area contributed by atoms with E-state index in [-0.39, 0.29) is 6.04 Å². The first-order valence-electron chi connectivity index (χ1n) is 5.82. The van der Waals surface area contributed by atoms with Crippen molar-refractivity contribution in [3.8, 4) is 5.75 Å². The number of hydrogen-bond acceptors (Lipinski definition) is 3. The molecule has 0 saturated carbocycles. The number of nitrogens with two attached hydrogens (primary N) is 1. The number of ether oxygens (including phenoxy) is 1. The third-order valence-electron chi connectivity index (χ3n) is 2.98. The zero-order chi connectivity index (χ0) is 13.1. The molecule has 2 aromatic rings. The number of halogens is 1. The van der Waals surface area contributed by atoms with Gasteiger partial charge in [-0.25, -0.2) is 0 Å². The van der Waals surface area contributed by atoms with E-state index in [2.05, 4.69) is 0 Å². The van der Waals surface area contributed by atoms with Gasteiger partial charge in [0, 0.05) is 17.0 Å². The third kappa shape index (κ3) is 2.37. The molecule has 0 amide bonds. The van der Waals surface area contributed by atoms with Gasteiger partial charge >= 0.3 is 0 Å². The standard InChI is InChI=1S/C14H16ClNO2/c1-3-13-11(6-7-18-13)14(16)10-5-4-9(17-2)8-12(10)15/h4-8,14H,3,16H2,1-2H3. The molecular weight excluding hydrogens is 250 g/mol. The van der Waals surface area contributed by atoms with E-state index < -0.39 is 0 Å². The highest BCUT2D eigenvalue weighted by Crippen LogP contribution is 2.31. The molecule has 1 heterocycles. The van der Waals surface area contributed by atoms with Crippen molar-refractivity contribution in [3.05, 3.63) is 52.4 Å². The molecular formula is C14H16ClNO2. The molecule has 0 fully saturated rings. The second kappa shape index (κ2) is 5.46. The first kappa shape index (κ1) is 13.0. The minimum atomic E-state index is -0.280. The molecule has 2 rings (SSSR count). The lowest BCUT2D eigenvalue weighted by atomic mass is 9.99. The molecule has 2 N–H and O–H groups in total. The Morgan fingerprint density at radius 2 is 2.11 bits per heavy atom. The van der Waals surface area contributed by atoms with Crippen LogP contribution in [0.5, 0.6) is 5.75 Å². The van der Waals surface area contributed by atoms with Crippen LogP contribution >= 0.6 is 11.6 Å². The molecule has 1 atom stereocenters. The molecule has 18 heavy (non-hydrogen) atoms. The summed E-state index contributed by atoms with van der Waals surface area (Å²) in [5.74, 6) is 1.62. The van der Waals surface area contributed by atoms with E-state index >= 15 is 0 Å². The van der Waals surface area contributed by atoms with Crippen LogP contribution in [0.25, 0.3) is 0 Å². The molecule has 96 valence electrons. The fraction of sp³-hybridized carbons (Fsp3) is 0.286. The molecule has 0 bridgehead atoms. The Bertz CT molecular complexity index is 536. The Morgan fingerprint density at radius 3 is 2.72 bits per heavy atom. The molecule has 0 radical (unpaired) electrons. The van der Waals surface area contributed by atoms with Gasteiger partial charge in [-0.3, -0.25) is 0 Å². The lowest BCUT2D eigenvalue weighted by Gasteiger charge is -2.14. The van der Waals surface area contributed by atoms with Gasteiger partial charge in [-0.15, -0.1) is 0 Å². The number of methoxy groups -OCH3 is 1. The lowest BCUT2D eigenvalue weighted by molar-refractivity contribution is 0.414. The Hall–Kier alpha value is -1.45. The van der Waals surface area contributed by atoms with E-state index in [4.69, 9.17) is 26.5 Å². The summed E-state index contributed by atoms with van der Waals surface area (Å²) in [6.45, 7) is 2.03. The van der Waals surface area contributed by atoms with E-state index in [1.54, 1.807) is 19.4 Å². The molecule has 1 aromatic heterocycles. The summed E-state index contributed by atoms with van der Waals surface area (Å²) < 4.78 is 10.5. The highest BCUT2D eigenvalue weighted by Gasteiger charge is 2.17. The molecule has 0 saturated heterocycles. The first-order valence-corrected chi connectivity index (χ1v) is 6.20. The van der Waals surface area contributed by atoms with Crippen LogP contribution in [0.3, 0.4) is 0 Å². The Balaban J connectivity index is 2.37. The van der Waals surface area contributed by atoms with Crippen molar-refractivity contribution >= 4 is 11.6 Å². The monoisotopic (exact) mass is 265 g/mol. The lowest BCUT2D eigenvalue weighted by Crippen LogP contribution is -2.13.